The third-order valence-electron chi connectivity index (χ3n) is 4.21. The molecule has 22 heavy (non-hydrogen) atoms. The summed E-state index contributed by atoms with van der Waals surface area (Å²) in [5.41, 5.74) is 1.17. The van der Waals surface area contributed by atoms with E-state index in [1.807, 2.05) is 30.1 Å². The molecule has 1 aromatic rings. The summed E-state index contributed by atoms with van der Waals surface area (Å²) in [7, 11) is 1.92. The molecule has 1 aromatic carbocycles. The molecule has 2 rings (SSSR count). The zero-order chi connectivity index (χ0) is 15.9. The highest BCUT2D eigenvalue weighted by atomic mass is 16.2. The normalized spacial score (nSPS) is 20.1. The summed E-state index contributed by atoms with van der Waals surface area (Å²) in [5.74, 6) is -0.169. The molecule has 0 spiro atoms. The predicted molar refractivity (Wildman–Crippen MR) is 86.3 cm³/mol. The summed E-state index contributed by atoms with van der Waals surface area (Å²) < 4.78 is 0. The molecule has 0 aromatic heterocycles. The molecule has 0 radical (unpaired) electrons. The van der Waals surface area contributed by atoms with Crippen LogP contribution >= 0.6 is 0 Å². The zero-order valence-electron chi connectivity index (χ0n) is 13.3. The largest absolute Gasteiger partial charge is 0.354 e. The van der Waals surface area contributed by atoms with Crippen molar-refractivity contribution in [3.8, 4) is 0 Å². The van der Waals surface area contributed by atoms with Gasteiger partial charge in [-0.05, 0) is 38.8 Å². The maximum absolute atomic E-state index is 12.2. The van der Waals surface area contributed by atoms with E-state index < -0.39 is 6.04 Å². The quantitative estimate of drug-likeness (QED) is 0.866. The van der Waals surface area contributed by atoms with E-state index in [2.05, 4.69) is 29.7 Å². The first-order valence-corrected chi connectivity index (χ1v) is 7.90. The first-order chi connectivity index (χ1) is 10.6. The zero-order valence-corrected chi connectivity index (χ0v) is 13.3. The van der Waals surface area contributed by atoms with Crippen molar-refractivity contribution in [2.24, 2.45) is 0 Å². The van der Waals surface area contributed by atoms with Crippen molar-refractivity contribution < 1.29 is 9.59 Å². The third-order valence-corrected chi connectivity index (χ3v) is 4.21. The van der Waals surface area contributed by atoms with Crippen LogP contribution in [-0.2, 0) is 9.59 Å². The van der Waals surface area contributed by atoms with E-state index in [0.29, 0.717) is 6.54 Å². The Morgan fingerprint density at radius 2 is 2.09 bits per heavy atom. The molecule has 1 aliphatic heterocycles. The summed E-state index contributed by atoms with van der Waals surface area (Å²) in [5, 5.41) is 5.69. The summed E-state index contributed by atoms with van der Waals surface area (Å²) in [6, 6.07) is 9.83. The first kappa shape index (κ1) is 16.5. The van der Waals surface area contributed by atoms with Crippen molar-refractivity contribution >= 4 is 11.8 Å². The Hall–Kier alpha value is -1.88. The molecule has 0 bridgehead atoms. The molecular weight excluding hydrogens is 278 g/mol. The fourth-order valence-electron chi connectivity index (χ4n) is 2.67. The van der Waals surface area contributed by atoms with E-state index >= 15 is 0 Å². The summed E-state index contributed by atoms with van der Waals surface area (Å²) >= 11 is 0. The molecule has 0 saturated carbocycles. The second kappa shape index (κ2) is 7.94. The van der Waals surface area contributed by atoms with Crippen molar-refractivity contribution in [1.82, 2.24) is 15.5 Å². The van der Waals surface area contributed by atoms with Crippen LogP contribution < -0.4 is 10.6 Å². The van der Waals surface area contributed by atoms with Crippen molar-refractivity contribution in [2.75, 3.05) is 20.1 Å². The minimum atomic E-state index is -0.393. The highest BCUT2D eigenvalue weighted by Crippen LogP contribution is 2.17. The van der Waals surface area contributed by atoms with Crippen LogP contribution in [0.5, 0.6) is 0 Å². The Balaban J connectivity index is 1.86. The monoisotopic (exact) mass is 303 g/mol. The second-order valence-corrected chi connectivity index (χ2v) is 5.91. The summed E-state index contributed by atoms with van der Waals surface area (Å²) in [6.45, 7) is 3.05. The fraction of sp³-hybridized carbons (Fsp3) is 0.529. The Labute approximate surface area is 132 Å². The Bertz CT molecular complexity index is 504. The number of nitrogens with zero attached hydrogens (tertiary/aromatic N) is 1. The number of amides is 2. The van der Waals surface area contributed by atoms with E-state index in [1.54, 1.807) is 0 Å². The number of hydrogen-bond acceptors (Lipinski definition) is 3. The SMILES string of the molecule is C[C@@H](c1ccccc1)N(C)CC(=O)N[C@@H]1CCCCNC1=O. The molecule has 120 valence electrons. The van der Waals surface area contributed by atoms with Crippen LogP contribution in [0.3, 0.4) is 0 Å². The third kappa shape index (κ3) is 4.56. The molecule has 1 saturated heterocycles. The molecule has 0 unspecified atom stereocenters. The van der Waals surface area contributed by atoms with Crippen molar-refractivity contribution in [2.45, 2.75) is 38.3 Å². The lowest BCUT2D eigenvalue weighted by atomic mass is 10.1. The standard InChI is InChI=1S/C17H25N3O2/c1-13(14-8-4-3-5-9-14)20(2)12-16(21)19-15-10-6-7-11-18-17(15)22/h3-5,8-9,13,15H,6-7,10-12H2,1-2H3,(H,18,22)(H,19,21)/t13-,15+/m0/s1. The number of rotatable bonds is 5. The molecule has 2 N–H and O–H groups in total. The van der Waals surface area contributed by atoms with Crippen molar-refractivity contribution in [3.05, 3.63) is 35.9 Å². The number of carbonyl (C=O) groups is 2. The van der Waals surface area contributed by atoms with E-state index in [-0.39, 0.29) is 24.4 Å². The maximum atomic E-state index is 12.2. The minimum absolute atomic E-state index is 0.0652. The number of hydrogen-bond donors (Lipinski definition) is 2. The molecule has 5 heteroatoms. The van der Waals surface area contributed by atoms with Gasteiger partial charge in [-0.15, -0.1) is 0 Å². The van der Waals surface area contributed by atoms with E-state index in [9.17, 15) is 9.59 Å². The first-order valence-electron chi connectivity index (χ1n) is 7.90. The van der Waals surface area contributed by atoms with Crippen LogP contribution in [0.4, 0.5) is 0 Å². The lowest BCUT2D eigenvalue weighted by molar-refractivity contribution is -0.129. The van der Waals surface area contributed by atoms with E-state index in [4.69, 9.17) is 0 Å². The van der Waals surface area contributed by atoms with Gasteiger partial charge in [-0.1, -0.05) is 30.3 Å². The van der Waals surface area contributed by atoms with Gasteiger partial charge in [0, 0.05) is 12.6 Å². The van der Waals surface area contributed by atoms with Gasteiger partial charge in [-0.2, -0.15) is 0 Å². The molecule has 1 heterocycles. The number of carbonyl (C=O) groups excluding carboxylic acids is 2. The fourth-order valence-corrected chi connectivity index (χ4v) is 2.67. The average molecular weight is 303 g/mol. The van der Waals surface area contributed by atoms with Gasteiger partial charge in [0.1, 0.15) is 6.04 Å². The van der Waals surface area contributed by atoms with Crippen LogP contribution in [-0.4, -0.2) is 42.9 Å². The number of nitrogens with one attached hydrogen (secondary N) is 2. The van der Waals surface area contributed by atoms with Gasteiger partial charge in [0.05, 0.1) is 6.54 Å². The topological polar surface area (TPSA) is 61.4 Å². The lowest BCUT2D eigenvalue weighted by Crippen LogP contribution is -2.48. The van der Waals surface area contributed by atoms with Gasteiger partial charge in [-0.3, -0.25) is 14.5 Å². The Morgan fingerprint density at radius 3 is 2.82 bits per heavy atom. The van der Waals surface area contributed by atoms with Crippen LogP contribution in [0.2, 0.25) is 0 Å². The van der Waals surface area contributed by atoms with Gasteiger partial charge in [0.2, 0.25) is 11.8 Å². The minimum Gasteiger partial charge on any atom is -0.354 e. The smallest absolute Gasteiger partial charge is 0.242 e. The second-order valence-electron chi connectivity index (χ2n) is 5.91. The van der Waals surface area contributed by atoms with Gasteiger partial charge < -0.3 is 10.6 Å². The van der Waals surface area contributed by atoms with E-state index in [0.717, 1.165) is 19.3 Å². The highest BCUT2D eigenvalue weighted by Gasteiger charge is 2.23. The van der Waals surface area contributed by atoms with Crippen molar-refractivity contribution in [3.63, 3.8) is 0 Å². The Kier molecular flexibility index (Phi) is 5.95. The van der Waals surface area contributed by atoms with Gasteiger partial charge >= 0.3 is 0 Å². The van der Waals surface area contributed by atoms with E-state index in [1.165, 1.54) is 5.56 Å². The van der Waals surface area contributed by atoms with Gasteiger partial charge in [0.25, 0.3) is 0 Å². The molecule has 1 aliphatic rings. The predicted octanol–water partition coefficient (Wildman–Crippen LogP) is 1.46. The van der Waals surface area contributed by atoms with Gasteiger partial charge in [0.15, 0.2) is 0 Å². The molecule has 0 aliphatic carbocycles. The summed E-state index contributed by atoms with van der Waals surface area (Å²) in [4.78, 5) is 26.0. The maximum Gasteiger partial charge on any atom is 0.242 e. The molecule has 5 nitrogen and oxygen atoms in total. The van der Waals surface area contributed by atoms with Crippen LogP contribution in [0.25, 0.3) is 0 Å². The number of likely N-dealkylation sites (N-methyl/N-ethyl adjacent to an activating group) is 1. The summed E-state index contributed by atoms with van der Waals surface area (Å²) in [6.07, 6.45) is 2.65. The van der Waals surface area contributed by atoms with Crippen molar-refractivity contribution in [1.29, 1.82) is 0 Å². The molecule has 2 amide bonds. The molecular formula is C17H25N3O2. The average Bonchev–Trinajstić information content (AvgIpc) is 2.72. The van der Waals surface area contributed by atoms with Gasteiger partial charge in [-0.25, -0.2) is 0 Å². The van der Waals surface area contributed by atoms with Crippen LogP contribution in [0.1, 0.15) is 37.8 Å². The van der Waals surface area contributed by atoms with Crippen LogP contribution in [0.15, 0.2) is 30.3 Å². The van der Waals surface area contributed by atoms with Crippen LogP contribution in [0, 0.1) is 0 Å². The molecule has 1 fully saturated rings. The number of benzene rings is 1. The lowest BCUT2D eigenvalue weighted by Gasteiger charge is -2.25. The molecule has 2 atom stereocenters. The highest BCUT2D eigenvalue weighted by molar-refractivity contribution is 5.88. The Morgan fingerprint density at radius 1 is 1.36 bits per heavy atom.